The molecule has 0 atom stereocenters. The number of rotatable bonds is 5. The summed E-state index contributed by atoms with van der Waals surface area (Å²) in [6.07, 6.45) is 1.75. The minimum Gasteiger partial charge on any atom is -0.507 e. The molecule has 0 spiro atoms. The van der Waals surface area contributed by atoms with Crippen molar-refractivity contribution in [2.45, 2.75) is 6.42 Å². The maximum absolute atomic E-state index is 11.0. The van der Waals surface area contributed by atoms with Crippen LogP contribution in [-0.2, 0) is 6.42 Å². The normalized spacial score (nSPS) is 10.9. The standard InChI is InChI=1S/C20H16N2O4/c23-20-17(13-21-24)10-15(9-14-5-2-1-3-6-14)11-19(20)16-7-4-8-18(12-16)22(25)26/h1-8,10-13,23-24H,9H2/b21-13+. The molecule has 0 bridgehead atoms. The number of nitro benzene ring substituents is 1. The van der Waals surface area contributed by atoms with Gasteiger partial charge in [-0.1, -0.05) is 47.6 Å². The number of nitro groups is 1. The van der Waals surface area contributed by atoms with Gasteiger partial charge in [-0.25, -0.2) is 0 Å². The predicted octanol–water partition coefficient (Wildman–Crippen LogP) is 4.37. The number of benzene rings is 3. The van der Waals surface area contributed by atoms with Gasteiger partial charge in [0.2, 0.25) is 0 Å². The van der Waals surface area contributed by atoms with E-state index in [1.807, 2.05) is 30.3 Å². The van der Waals surface area contributed by atoms with Gasteiger partial charge in [0, 0.05) is 23.3 Å². The molecule has 0 radical (unpaired) electrons. The number of hydrogen-bond donors (Lipinski definition) is 2. The third kappa shape index (κ3) is 3.70. The van der Waals surface area contributed by atoms with Crippen LogP contribution >= 0.6 is 0 Å². The Morgan fingerprint density at radius 2 is 1.77 bits per heavy atom. The van der Waals surface area contributed by atoms with E-state index in [2.05, 4.69) is 5.16 Å². The molecule has 3 aromatic carbocycles. The average Bonchev–Trinajstić information content (AvgIpc) is 2.65. The summed E-state index contributed by atoms with van der Waals surface area (Å²) in [4.78, 5) is 10.6. The quantitative estimate of drug-likeness (QED) is 0.310. The fourth-order valence-corrected chi connectivity index (χ4v) is 2.82. The highest BCUT2D eigenvalue weighted by Gasteiger charge is 2.14. The number of phenolic OH excluding ortho intramolecular Hbond substituents is 1. The number of phenols is 1. The lowest BCUT2D eigenvalue weighted by molar-refractivity contribution is -0.384. The molecule has 3 aromatic rings. The summed E-state index contributed by atoms with van der Waals surface area (Å²) >= 11 is 0. The molecule has 0 aliphatic heterocycles. The van der Waals surface area contributed by atoms with Crippen molar-refractivity contribution in [2.24, 2.45) is 5.16 Å². The summed E-state index contributed by atoms with van der Waals surface area (Å²) in [6, 6.07) is 19.3. The van der Waals surface area contributed by atoms with E-state index in [1.165, 1.54) is 12.1 Å². The van der Waals surface area contributed by atoms with Gasteiger partial charge in [-0.2, -0.15) is 0 Å². The zero-order chi connectivity index (χ0) is 18.5. The molecule has 0 heterocycles. The number of nitrogens with zero attached hydrogens (tertiary/aromatic N) is 2. The van der Waals surface area contributed by atoms with E-state index in [-0.39, 0.29) is 11.4 Å². The summed E-state index contributed by atoms with van der Waals surface area (Å²) in [5.41, 5.74) is 3.19. The third-order valence-corrected chi connectivity index (χ3v) is 4.02. The van der Waals surface area contributed by atoms with Crippen molar-refractivity contribution in [3.05, 3.63) is 93.5 Å². The Morgan fingerprint density at radius 3 is 2.46 bits per heavy atom. The zero-order valence-corrected chi connectivity index (χ0v) is 13.7. The highest BCUT2D eigenvalue weighted by atomic mass is 16.6. The Kier molecular flexibility index (Phi) is 4.94. The third-order valence-electron chi connectivity index (χ3n) is 4.02. The Labute approximate surface area is 149 Å². The van der Waals surface area contributed by atoms with Crippen LogP contribution in [0.2, 0.25) is 0 Å². The summed E-state index contributed by atoms with van der Waals surface area (Å²) in [5.74, 6) is -0.0971. The molecule has 2 N–H and O–H groups in total. The topological polar surface area (TPSA) is 96.0 Å². The molecule has 0 aliphatic rings. The van der Waals surface area contributed by atoms with Gasteiger partial charge in [-0.05, 0) is 35.2 Å². The lowest BCUT2D eigenvalue weighted by atomic mass is 9.95. The molecule has 6 nitrogen and oxygen atoms in total. The van der Waals surface area contributed by atoms with E-state index in [0.717, 1.165) is 17.3 Å². The molecular weight excluding hydrogens is 332 g/mol. The molecule has 0 saturated carbocycles. The Morgan fingerprint density at radius 1 is 1.00 bits per heavy atom. The first-order valence-electron chi connectivity index (χ1n) is 7.90. The molecule has 0 aromatic heterocycles. The van der Waals surface area contributed by atoms with Gasteiger partial charge in [0.25, 0.3) is 5.69 Å². The van der Waals surface area contributed by atoms with Crippen LogP contribution in [0.3, 0.4) is 0 Å². The van der Waals surface area contributed by atoms with Crippen molar-refractivity contribution in [3.8, 4) is 16.9 Å². The van der Waals surface area contributed by atoms with Gasteiger partial charge < -0.3 is 10.3 Å². The second kappa shape index (κ2) is 7.48. The summed E-state index contributed by atoms with van der Waals surface area (Å²) < 4.78 is 0. The van der Waals surface area contributed by atoms with Crippen molar-refractivity contribution in [2.75, 3.05) is 0 Å². The number of oxime groups is 1. The van der Waals surface area contributed by atoms with Crippen molar-refractivity contribution in [1.82, 2.24) is 0 Å². The van der Waals surface area contributed by atoms with E-state index >= 15 is 0 Å². The number of hydrogen-bond acceptors (Lipinski definition) is 5. The second-order valence-electron chi connectivity index (χ2n) is 5.80. The SMILES string of the molecule is O=[N+]([O-])c1cccc(-c2cc(Cc3ccccc3)cc(/C=N/O)c2O)c1. The van der Waals surface area contributed by atoms with Crippen LogP contribution in [-0.4, -0.2) is 21.5 Å². The molecule has 0 unspecified atom stereocenters. The average molecular weight is 348 g/mol. The van der Waals surface area contributed by atoms with Crippen molar-refractivity contribution >= 4 is 11.9 Å². The Balaban J connectivity index is 2.11. The fraction of sp³-hybridized carbons (Fsp3) is 0.0500. The van der Waals surface area contributed by atoms with Crippen LogP contribution in [0.5, 0.6) is 5.75 Å². The van der Waals surface area contributed by atoms with Gasteiger partial charge in [-0.15, -0.1) is 0 Å². The summed E-state index contributed by atoms with van der Waals surface area (Å²) in [6.45, 7) is 0. The van der Waals surface area contributed by atoms with Gasteiger partial charge in [0.1, 0.15) is 5.75 Å². The smallest absolute Gasteiger partial charge is 0.270 e. The van der Waals surface area contributed by atoms with Crippen LogP contribution in [0.25, 0.3) is 11.1 Å². The van der Waals surface area contributed by atoms with E-state index in [4.69, 9.17) is 5.21 Å². The maximum atomic E-state index is 11.0. The van der Waals surface area contributed by atoms with Gasteiger partial charge in [-0.3, -0.25) is 10.1 Å². The van der Waals surface area contributed by atoms with Crippen LogP contribution in [0.1, 0.15) is 16.7 Å². The van der Waals surface area contributed by atoms with E-state index in [1.54, 1.807) is 24.3 Å². The zero-order valence-electron chi connectivity index (χ0n) is 13.7. The monoisotopic (exact) mass is 348 g/mol. The molecule has 0 amide bonds. The predicted molar refractivity (Wildman–Crippen MR) is 98.8 cm³/mol. The van der Waals surface area contributed by atoms with Crippen LogP contribution in [0, 0.1) is 10.1 Å². The van der Waals surface area contributed by atoms with E-state index < -0.39 is 4.92 Å². The van der Waals surface area contributed by atoms with Crippen molar-refractivity contribution in [3.63, 3.8) is 0 Å². The van der Waals surface area contributed by atoms with Gasteiger partial charge in [0.15, 0.2) is 0 Å². The minimum atomic E-state index is -0.482. The van der Waals surface area contributed by atoms with Crippen LogP contribution in [0.4, 0.5) is 5.69 Å². The lowest BCUT2D eigenvalue weighted by Crippen LogP contribution is -1.95. The Bertz CT molecular complexity index is 969. The lowest BCUT2D eigenvalue weighted by Gasteiger charge is -2.11. The summed E-state index contributed by atoms with van der Waals surface area (Å²) in [7, 11) is 0. The molecule has 0 saturated heterocycles. The molecule has 130 valence electrons. The molecule has 6 heteroatoms. The first-order chi connectivity index (χ1) is 12.6. The first kappa shape index (κ1) is 17.2. The molecule has 3 rings (SSSR count). The minimum absolute atomic E-state index is 0.0623. The largest absolute Gasteiger partial charge is 0.507 e. The van der Waals surface area contributed by atoms with Crippen LogP contribution < -0.4 is 0 Å². The van der Waals surface area contributed by atoms with Crippen molar-refractivity contribution < 1.29 is 15.2 Å². The van der Waals surface area contributed by atoms with E-state index in [9.17, 15) is 15.2 Å². The van der Waals surface area contributed by atoms with Gasteiger partial charge >= 0.3 is 0 Å². The fourth-order valence-electron chi connectivity index (χ4n) is 2.82. The maximum Gasteiger partial charge on any atom is 0.270 e. The second-order valence-corrected chi connectivity index (χ2v) is 5.80. The molecular formula is C20H16N2O4. The highest BCUT2D eigenvalue weighted by molar-refractivity contribution is 5.89. The number of non-ortho nitro benzene ring substituents is 1. The molecule has 0 fully saturated rings. The summed E-state index contributed by atoms with van der Waals surface area (Å²) in [5, 5.41) is 33.4. The van der Waals surface area contributed by atoms with E-state index in [0.29, 0.717) is 23.1 Å². The van der Waals surface area contributed by atoms with Crippen LogP contribution in [0.15, 0.2) is 71.9 Å². The highest BCUT2D eigenvalue weighted by Crippen LogP contribution is 2.35. The molecule has 26 heavy (non-hydrogen) atoms. The van der Waals surface area contributed by atoms with Crippen molar-refractivity contribution in [1.29, 1.82) is 0 Å². The Hall–Kier alpha value is -3.67. The first-order valence-corrected chi connectivity index (χ1v) is 7.90. The van der Waals surface area contributed by atoms with Gasteiger partial charge in [0.05, 0.1) is 11.1 Å². The number of aromatic hydroxyl groups is 1. The molecule has 0 aliphatic carbocycles.